The van der Waals surface area contributed by atoms with Crippen LogP contribution in [0.1, 0.15) is 23.0 Å². The molecule has 0 bridgehead atoms. The highest BCUT2D eigenvalue weighted by atomic mass is 16.5. The number of H-pyrrole nitrogens is 1. The van der Waals surface area contributed by atoms with Gasteiger partial charge in [0.05, 0.1) is 25.8 Å². The lowest BCUT2D eigenvalue weighted by Crippen LogP contribution is -2.21. The molecule has 1 aliphatic rings. The largest absolute Gasteiger partial charge is 0.497 e. The number of aromatic amines is 1. The molecule has 7 heteroatoms. The van der Waals surface area contributed by atoms with E-state index in [1.54, 1.807) is 26.4 Å². The molecule has 23 heavy (non-hydrogen) atoms. The van der Waals surface area contributed by atoms with Crippen molar-refractivity contribution in [3.8, 4) is 23.4 Å². The molecular weight excluding hydrogens is 296 g/mol. The highest BCUT2D eigenvalue weighted by molar-refractivity contribution is 5.56. The van der Waals surface area contributed by atoms with E-state index in [1.807, 2.05) is 13.0 Å². The van der Waals surface area contributed by atoms with E-state index in [4.69, 9.17) is 19.9 Å². The summed E-state index contributed by atoms with van der Waals surface area (Å²) in [6.07, 6.45) is 0. The molecule has 0 radical (unpaired) electrons. The first-order valence-electron chi connectivity index (χ1n) is 6.95. The molecule has 1 aromatic heterocycles. The van der Waals surface area contributed by atoms with E-state index in [0.29, 0.717) is 34.5 Å². The van der Waals surface area contributed by atoms with E-state index in [0.717, 1.165) is 5.56 Å². The molecule has 0 saturated carbocycles. The molecule has 2 aromatic rings. The molecule has 0 spiro atoms. The fourth-order valence-electron chi connectivity index (χ4n) is 2.70. The van der Waals surface area contributed by atoms with Crippen LogP contribution in [0.15, 0.2) is 29.7 Å². The third-order valence-electron chi connectivity index (χ3n) is 3.74. The van der Waals surface area contributed by atoms with Crippen LogP contribution in [0, 0.1) is 18.3 Å². The van der Waals surface area contributed by atoms with Crippen molar-refractivity contribution in [3.05, 3.63) is 46.7 Å². The van der Waals surface area contributed by atoms with Crippen LogP contribution >= 0.6 is 0 Å². The Morgan fingerprint density at radius 2 is 2.13 bits per heavy atom. The number of nitrogens with two attached hydrogens (primary N) is 1. The predicted octanol–water partition coefficient (Wildman–Crippen LogP) is 1.95. The summed E-state index contributed by atoms with van der Waals surface area (Å²) in [7, 11) is 3.15. The number of imidazole rings is 1. The van der Waals surface area contributed by atoms with Gasteiger partial charge in [-0.1, -0.05) is 6.07 Å². The first kappa shape index (κ1) is 14.8. The lowest BCUT2D eigenvalue weighted by Gasteiger charge is -2.24. The SMILES string of the molecule is COc1ccc([C@H]2C(C#N)=C(N)Oc3nc(C)[nH]c32)c(OC)c1. The second kappa shape index (κ2) is 5.57. The fraction of sp³-hybridized carbons (Fsp3) is 0.250. The minimum absolute atomic E-state index is 0.0503. The molecule has 0 saturated heterocycles. The normalized spacial score (nSPS) is 16.3. The molecule has 0 fully saturated rings. The van der Waals surface area contributed by atoms with Crippen LogP contribution in [0.5, 0.6) is 17.4 Å². The van der Waals surface area contributed by atoms with Gasteiger partial charge in [-0.05, 0) is 13.0 Å². The van der Waals surface area contributed by atoms with Crippen molar-refractivity contribution in [2.45, 2.75) is 12.8 Å². The number of nitrogens with one attached hydrogen (secondary N) is 1. The van der Waals surface area contributed by atoms with Gasteiger partial charge in [-0.3, -0.25) is 0 Å². The fourth-order valence-corrected chi connectivity index (χ4v) is 2.70. The van der Waals surface area contributed by atoms with Crippen LogP contribution in [0.3, 0.4) is 0 Å². The summed E-state index contributed by atoms with van der Waals surface area (Å²) in [6.45, 7) is 1.81. The van der Waals surface area contributed by atoms with Crippen LogP contribution in [-0.4, -0.2) is 24.2 Å². The second-order valence-corrected chi connectivity index (χ2v) is 5.07. The van der Waals surface area contributed by atoms with Crippen molar-refractivity contribution >= 4 is 0 Å². The van der Waals surface area contributed by atoms with E-state index in [2.05, 4.69) is 16.0 Å². The van der Waals surface area contributed by atoms with Crippen molar-refractivity contribution in [1.82, 2.24) is 9.97 Å². The van der Waals surface area contributed by atoms with Crippen LogP contribution in [0.25, 0.3) is 0 Å². The van der Waals surface area contributed by atoms with Gasteiger partial charge in [0, 0.05) is 11.6 Å². The number of benzene rings is 1. The highest BCUT2D eigenvalue weighted by Gasteiger charge is 2.35. The predicted molar refractivity (Wildman–Crippen MR) is 82.2 cm³/mol. The molecule has 3 N–H and O–H groups in total. The smallest absolute Gasteiger partial charge is 0.243 e. The van der Waals surface area contributed by atoms with Gasteiger partial charge < -0.3 is 24.9 Å². The molecule has 1 atom stereocenters. The summed E-state index contributed by atoms with van der Waals surface area (Å²) in [6, 6.07) is 7.54. The number of allylic oxidation sites excluding steroid dienone is 1. The standard InChI is InChI=1S/C16H16N4O3/c1-8-19-14-13(11(7-17)15(18)23-16(14)20-8)10-5-4-9(21-2)6-12(10)22-3/h4-6,13H,18H2,1-3H3,(H,19,20)/t13-/m0/s1. The molecule has 0 amide bonds. The maximum Gasteiger partial charge on any atom is 0.243 e. The topological polar surface area (TPSA) is 106 Å². The van der Waals surface area contributed by atoms with Crippen LogP contribution in [-0.2, 0) is 0 Å². The summed E-state index contributed by atoms with van der Waals surface area (Å²) in [5, 5.41) is 9.52. The molecule has 1 aliphatic heterocycles. The molecular formula is C16H16N4O3. The maximum atomic E-state index is 9.52. The number of nitriles is 1. The Morgan fingerprint density at radius 1 is 1.35 bits per heavy atom. The monoisotopic (exact) mass is 312 g/mol. The molecule has 118 valence electrons. The zero-order valence-electron chi connectivity index (χ0n) is 13.0. The lowest BCUT2D eigenvalue weighted by atomic mass is 9.87. The van der Waals surface area contributed by atoms with E-state index < -0.39 is 5.92 Å². The van der Waals surface area contributed by atoms with E-state index in [9.17, 15) is 5.26 Å². The third kappa shape index (κ3) is 2.34. The van der Waals surface area contributed by atoms with Gasteiger partial charge in [-0.25, -0.2) is 0 Å². The van der Waals surface area contributed by atoms with E-state index in [1.165, 1.54) is 0 Å². The van der Waals surface area contributed by atoms with E-state index in [-0.39, 0.29) is 5.88 Å². The Labute approximate surface area is 133 Å². The van der Waals surface area contributed by atoms with Crippen LogP contribution in [0.4, 0.5) is 0 Å². The number of hydrogen-bond acceptors (Lipinski definition) is 6. The number of hydrogen-bond donors (Lipinski definition) is 2. The first-order valence-corrected chi connectivity index (χ1v) is 6.95. The molecule has 7 nitrogen and oxygen atoms in total. The summed E-state index contributed by atoms with van der Waals surface area (Å²) >= 11 is 0. The average Bonchev–Trinajstić information content (AvgIpc) is 2.92. The minimum Gasteiger partial charge on any atom is -0.497 e. The quantitative estimate of drug-likeness (QED) is 0.897. The van der Waals surface area contributed by atoms with Gasteiger partial charge in [0.25, 0.3) is 0 Å². The zero-order valence-corrected chi connectivity index (χ0v) is 13.0. The summed E-state index contributed by atoms with van der Waals surface area (Å²) < 4.78 is 16.1. The number of nitrogens with zero attached hydrogens (tertiary/aromatic N) is 2. The summed E-state index contributed by atoms with van der Waals surface area (Å²) in [5.74, 6) is 1.92. The van der Waals surface area contributed by atoms with Crippen LogP contribution in [0.2, 0.25) is 0 Å². The number of methoxy groups -OCH3 is 2. The number of ether oxygens (including phenoxy) is 3. The van der Waals surface area contributed by atoms with Crippen molar-refractivity contribution in [3.63, 3.8) is 0 Å². The van der Waals surface area contributed by atoms with Gasteiger partial charge in [0.2, 0.25) is 11.8 Å². The Kier molecular flexibility index (Phi) is 3.58. The molecule has 1 aromatic carbocycles. The highest BCUT2D eigenvalue weighted by Crippen LogP contribution is 2.44. The Morgan fingerprint density at radius 3 is 2.78 bits per heavy atom. The second-order valence-electron chi connectivity index (χ2n) is 5.07. The number of aromatic nitrogens is 2. The van der Waals surface area contributed by atoms with Gasteiger partial charge in [0.15, 0.2) is 0 Å². The molecule has 2 heterocycles. The third-order valence-corrected chi connectivity index (χ3v) is 3.74. The van der Waals surface area contributed by atoms with Crippen molar-refractivity contribution in [2.75, 3.05) is 14.2 Å². The molecule has 3 rings (SSSR count). The van der Waals surface area contributed by atoms with Crippen LogP contribution < -0.4 is 19.9 Å². The van der Waals surface area contributed by atoms with Gasteiger partial charge in [0.1, 0.15) is 29.0 Å². The van der Waals surface area contributed by atoms with Gasteiger partial charge in [-0.15, -0.1) is 0 Å². The lowest BCUT2D eigenvalue weighted by molar-refractivity contribution is 0.373. The first-order chi connectivity index (χ1) is 11.1. The Hall–Kier alpha value is -3.14. The Balaban J connectivity index is 2.22. The number of aryl methyl sites for hydroxylation is 1. The van der Waals surface area contributed by atoms with E-state index >= 15 is 0 Å². The molecule has 0 unspecified atom stereocenters. The molecule has 0 aliphatic carbocycles. The summed E-state index contributed by atoms with van der Waals surface area (Å²) in [5.41, 5.74) is 7.67. The van der Waals surface area contributed by atoms with Crippen molar-refractivity contribution in [2.24, 2.45) is 5.73 Å². The van der Waals surface area contributed by atoms with Crippen molar-refractivity contribution < 1.29 is 14.2 Å². The maximum absolute atomic E-state index is 9.52. The van der Waals surface area contributed by atoms with Crippen molar-refractivity contribution in [1.29, 1.82) is 5.26 Å². The minimum atomic E-state index is -0.439. The average molecular weight is 312 g/mol. The zero-order chi connectivity index (χ0) is 16.6. The van der Waals surface area contributed by atoms with Gasteiger partial charge in [-0.2, -0.15) is 10.2 Å². The number of fused-ring (bicyclic) bond motifs is 1. The Bertz CT molecular complexity index is 832. The summed E-state index contributed by atoms with van der Waals surface area (Å²) in [4.78, 5) is 7.41. The van der Waals surface area contributed by atoms with Gasteiger partial charge >= 0.3 is 0 Å². The number of rotatable bonds is 3.